The first-order valence-corrected chi connectivity index (χ1v) is 19.6. The highest BCUT2D eigenvalue weighted by Crippen LogP contribution is 2.48. The van der Waals surface area contributed by atoms with E-state index in [0.29, 0.717) is 40.8 Å². The van der Waals surface area contributed by atoms with E-state index in [-0.39, 0.29) is 44.9 Å². The Bertz CT molecular complexity index is 2070. The summed E-state index contributed by atoms with van der Waals surface area (Å²) in [6.45, 7) is 4.98. The predicted octanol–water partition coefficient (Wildman–Crippen LogP) is 6.45. The second-order valence-electron chi connectivity index (χ2n) is 12.0. The van der Waals surface area contributed by atoms with Gasteiger partial charge in [-0.3, -0.25) is 0 Å². The number of nitrogens with one attached hydrogen (secondary N) is 1. The topological polar surface area (TPSA) is 154 Å². The molecule has 2 aromatic heterocycles. The summed E-state index contributed by atoms with van der Waals surface area (Å²) in [4.78, 5) is 28.3. The number of fused-ring (bicyclic) bond motifs is 1. The number of oxazole rings is 1. The molecular formula is C32H34ClF2N3O9S3. The summed E-state index contributed by atoms with van der Waals surface area (Å²) in [5, 5.41) is 3.18. The molecule has 0 amide bonds. The van der Waals surface area contributed by atoms with E-state index in [4.69, 9.17) is 20.8 Å². The van der Waals surface area contributed by atoms with E-state index in [1.54, 1.807) is 42.5 Å². The van der Waals surface area contributed by atoms with Gasteiger partial charge in [0.2, 0.25) is 10.0 Å². The van der Waals surface area contributed by atoms with Crippen LogP contribution in [0.25, 0.3) is 21.5 Å². The summed E-state index contributed by atoms with van der Waals surface area (Å²) in [7, 11) is -4.11. The minimum atomic E-state index is -4.43. The fourth-order valence-corrected chi connectivity index (χ4v) is 9.59. The van der Waals surface area contributed by atoms with Crippen molar-refractivity contribution < 1.29 is 49.6 Å². The molecule has 0 aliphatic carbocycles. The fraction of sp³-hybridized carbons (Fsp3) is 0.406. The van der Waals surface area contributed by atoms with Gasteiger partial charge in [-0.2, -0.15) is 13.1 Å². The Hall–Kier alpha value is -3.64. The molecule has 1 aliphatic rings. The summed E-state index contributed by atoms with van der Waals surface area (Å²) in [6, 6.07) is 11.6. The summed E-state index contributed by atoms with van der Waals surface area (Å²) in [5.41, 5.74) is 1.69. The lowest BCUT2D eigenvalue weighted by atomic mass is 9.89. The van der Waals surface area contributed by atoms with Crippen LogP contribution in [0.3, 0.4) is 0 Å². The van der Waals surface area contributed by atoms with E-state index in [2.05, 4.69) is 19.8 Å². The fourth-order valence-electron chi connectivity index (χ4n) is 5.74. The minimum Gasteiger partial charge on any atom is -0.465 e. The van der Waals surface area contributed by atoms with Crippen LogP contribution >= 0.6 is 22.9 Å². The van der Waals surface area contributed by atoms with E-state index in [9.17, 15) is 31.0 Å². The Morgan fingerprint density at radius 3 is 2.64 bits per heavy atom. The number of nitrogens with zero attached hydrogens (tertiary/aromatic N) is 2. The van der Waals surface area contributed by atoms with Gasteiger partial charge in [0.25, 0.3) is 5.22 Å². The number of sulfonamides is 1. The molecule has 0 radical (unpaired) electrons. The number of halogens is 3. The van der Waals surface area contributed by atoms with E-state index < -0.39 is 50.2 Å². The van der Waals surface area contributed by atoms with Crippen molar-refractivity contribution in [1.29, 1.82) is 0 Å². The first-order valence-electron chi connectivity index (χ1n) is 15.2. The van der Waals surface area contributed by atoms with Crippen LogP contribution in [-0.4, -0.2) is 78.1 Å². The maximum absolute atomic E-state index is 14.5. The van der Waals surface area contributed by atoms with Gasteiger partial charge in [0, 0.05) is 30.1 Å². The van der Waals surface area contributed by atoms with Crippen molar-refractivity contribution in [2.45, 2.75) is 62.3 Å². The number of piperidine rings is 1. The highest BCUT2D eigenvalue weighted by molar-refractivity contribution is 7.88. The Morgan fingerprint density at radius 2 is 1.98 bits per heavy atom. The molecule has 12 nitrogen and oxygen atoms in total. The molecule has 2 unspecified atom stereocenters. The normalized spacial score (nSPS) is 17.3. The third-order valence-corrected chi connectivity index (χ3v) is 12.3. The monoisotopic (exact) mass is 773 g/mol. The van der Waals surface area contributed by atoms with Crippen LogP contribution in [0.4, 0.5) is 14.5 Å². The number of carbonyl (C=O) groups excluding carboxylic acids is 2. The number of carbonyl (C=O) groups is 2. The van der Waals surface area contributed by atoms with Crippen molar-refractivity contribution in [2.75, 3.05) is 31.8 Å². The number of rotatable bonds is 12. The zero-order valence-corrected chi connectivity index (χ0v) is 30.8. The minimum absolute atomic E-state index is 0.0696. The van der Waals surface area contributed by atoms with Crippen LogP contribution in [0.2, 0.25) is 5.02 Å². The Morgan fingerprint density at radius 1 is 1.24 bits per heavy atom. The molecule has 5 rings (SSSR count). The maximum Gasteiger partial charge on any atom is 0.502 e. The van der Waals surface area contributed by atoms with Crippen molar-refractivity contribution in [3.63, 3.8) is 0 Å². The first-order chi connectivity index (χ1) is 23.5. The number of alkyl halides is 2. The highest BCUT2D eigenvalue weighted by atomic mass is 35.5. The van der Waals surface area contributed by atoms with Crippen molar-refractivity contribution in [3.05, 3.63) is 57.9 Å². The van der Waals surface area contributed by atoms with E-state index in [1.165, 1.54) is 17.5 Å². The van der Waals surface area contributed by atoms with Gasteiger partial charge in [-0.15, -0.1) is 11.3 Å². The molecule has 1 N–H and O–H groups in total. The molecule has 4 aromatic rings. The quantitative estimate of drug-likeness (QED) is 0.158. The number of hydrogen-bond acceptors (Lipinski definition) is 12. The van der Waals surface area contributed by atoms with Crippen LogP contribution in [-0.2, 0) is 40.8 Å². The van der Waals surface area contributed by atoms with Crippen molar-refractivity contribution in [3.8, 4) is 16.2 Å². The number of esters is 2. The largest absolute Gasteiger partial charge is 0.502 e. The van der Waals surface area contributed by atoms with Crippen LogP contribution in [0.5, 0.6) is 5.75 Å². The number of anilines is 1. The van der Waals surface area contributed by atoms with Crippen LogP contribution in [0, 0.1) is 0 Å². The number of ether oxygens (including phenoxy) is 3. The number of thiophene rings is 1. The molecule has 0 bridgehead atoms. The predicted molar refractivity (Wildman–Crippen MR) is 185 cm³/mol. The third-order valence-electron chi connectivity index (χ3n) is 7.88. The van der Waals surface area contributed by atoms with E-state index in [1.807, 2.05) is 13.8 Å². The van der Waals surface area contributed by atoms with E-state index >= 15 is 0 Å². The molecule has 3 heterocycles. The summed E-state index contributed by atoms with van der Waals surface area (Å²) in [6.07, 6.45) is -2.04. The Kier molecular flexibility index (Phi) is 10.9. The summed E-state index contributed by atoms with van der Waals surface area (Å²) in [5.74, 6) is -3.90. The molecule has 2 aromatic carbocycles. The molecule has 1 fully saturated rings. The standard InChI is InChI=1S/C32H34ClF2N3O9S3/c1-6-45-29(40)32(34,35)47-25-24(33)26(48-27(25)28(39)44-4)19-8-7-9-20(15-19)36-21-12-13-38(31(2,3)16-21)50(42,43)17-18-10-11-22-23(14-18)46-30(37-22)49(5)41/h7-11,14-15,21,36H,6,12-13,16-17H2,1-5H3. The van der Waals surface area contributed by atoms with Gasteiger partial charge in [0.15, 0.2) is 16.2 Å². The highest BCUT2D eigenvalue weighted by Gasteiger charge is 2.46. The molecule has 1 saturated heterocycles. The van der Waals surface area contributed by atoms with Crippen LogP contribution in [0.1, 0.15) is 48.8 Å². The van der Waals surface area contributed by atoms with Gasteiger partial charge in [-0.05, 0) is 69.0 Å². The molecule has 2 atom stereocenters. The van der Waals surface area contributed by atoms with Gasteiger partial charge in [0.05, 0.1) is 24.3 Å². The average Bonchev–Trinajstić information content (AvgIpc) is 3.61. The number of methoxy groups -OCH3 is 1. The number of hydrogen-bond donors (Lipinski definition) is 1. The zero-order valence-electron chi connectivity index (χ0n) is 27.6. The van der Waals surface area contributed by atoms with Crippen molar-refractivity contribution in [1.82, 2.24) is 9.29 Å². The summed E-state index contributed by atoms with van der Waals surface area (Å²) >= 11 is 7.24. The molecule has 1 aliphatic heterocycles. The lowest BCUT2D eigenvalue weighted by Crippen LogP contribution is -2.55. The van der Waals surface area contributed by atoms with Gasteiger partial charge in [-0.1, -0.05) is 29.8 Å². The first kappa shape index (κ1) is 37.6. The Labute approximate surface area is 298 Å². The molecule has 18 heteroatoms. The summed E-state index contributed by atoms with van der Waals surface area (Å²) < 4.78 is 89.0. The molecule has 0 saturated carbocycles. The molecule has 50 heavy (non-hydrogen) atoms. The van der Waals surface area contributed by atoms with Gasteiger partial charge < -0.3 is 23.9 Å². The molecule has 0 spiro atoms. The van der Waals surface area contributed by atoms with Gasteiger partial charge in [-0.25, -0.2) is 27.2 Å². The zero-order chi connectivity index (χ0) is 36.6. The lowest BCUT2D eigenvalue weighted by molar-refractivity contribution is -0.216. The SMILES string of the molecule is CCOC(=O)C(F)(F)Oc1c(C(=O)OC)sc(-c2cccc(NC3CCN(S(=O)(=O)Cc4ccc5nc(S(C)=O)oc5c4)C(C)(C)C3)c2)c1Cl. The molecular weight excluding hydrogens is 740 g/mol. The lowest BCUT2D eigenvalue weighted by Gasteiger charge is -2.45. The van der Waals surface area contributed by atoms with E-state index in [0.717, 1.165) is 18.4 Å². The van der Waals surface area contributed by atoms with Crippen LogP contribution in [0.15, 0.2) is 52.1 Å². The van der Waals surface area contributed by atoms with Gasteiger partial charge in [0.1, 0.15) is 21.3 Å². The smallest absolute Gasteiger partial charge is 0.465 e. The molecule has 270 valence electrons. The van der Waals surface area contributed by atoms with Gasteiger partial charge >= 0.3 is 18.0 Å². The van der Waals surface area contributed by atoms with Crippen molar-refractivity contribution >= 4 is 72.5 Å². The number of aromatic nitrogens is 1. The number of benzene rings is 2. The van der Waals surface area contributed by atoms with Crippen LogP contribution < -0.4 is 10.1 Å². The Balaban J connectivity index is 1.32. The second-order valence-corrected chi connectivity index (χ2v) is 16.6. The van der Waals surface area contributed by atoms with Crippen molar-refractivity contribution in [2.24, 2.45) is 0 Å². The average molecular weight is 774 g/mol. The maximum atomic E-state index is 14.5. The second kappa shape index (κ2) is 14.5. The third kappa shape index (κ3) is 7.96.